The van der Waals surface area contributed by atoms with Gasteiger partial charge in [-0.25, -0.2) is 0 Å². The van der Waals surface area contributed by atoms with Gasteiger partial charge in [0.2, 0.25) is 0 Å². The van der Waals surface area contributed by atoms with Gasteiger partial charge >= 0.3 is 5.97 Å². The highest BCUT2D eigenvalue weighted by atomic mass is 79.9. The first-order valence-corrected chi connectivity index (χ1v) is 6.13. The summed E-state index contributed by atoms with van der Waals surface area (Å²) >= 11 is 3.40. The maximum atomic E-state index is 10.9. The SMILES string of the molecule is CC(Cc1cccc2c(Br)nn(C)c12)C(=O)O. The third kappa shape index (κ3) is 2.20. The maximum absolute atomic E-state index is 10.9. The van der Waals surface area contributed by atoms with Crippen LogP contribution >= 0.6 is 15.9 Å². The smallest absolute Gasteiger partial charge is 0.306 e. The number of benzene rings is 1. The lowest BCUT2D eigenvalue weighted by atomic mass is 9.99. The average Bonchev–Trinajstić information content (AvgIpc) is 2.55. The fourth-order valence-electron chi connectivity index (χ4n) is 1.96. The molecule has 1 heterocycles. The van der Waals surface area contributed by atoms with E-state index in [4.69, 9.17) is 5.11 Å². The molecule has 1 aromatic carbocycles. The van der Waals surface area contributed by atoms with E-state index in [1.165, 1.54) is 0 Å². The van der Waals surface area contributed by atoms with E-state index < -0.39 is 11.9 Å². The summed E-state index contributed by atoms with van der Waals surface area (Å²) in [5, 5.41) is 14.3. The molecule has 0 radical (unpaired) electrons. The number of fused-ring (bicyclic) bond motifs is 1. The monoisotopic (exact) mass is 296 g/mol. The number of rotatable bonds is 3. The lowest BCUT2D eigenvalue weighted by Crippen LogP contribution is -2.12. The molecule has 0 aliphatic carbocycles. The molecule has 2 rings (SSSR count). The Morgan fingerprint density at radius 3 is 2.94 bits per heavy atom. The van der Waals surface area contributed by atoms with Gasteiger partial charge in [0.25, 0.3) is 0 Å². The molecule has 90 valence electrons. The number of aryl methyl sites for hydroxylation is 1. The number of carboxylic acid groups (broad SMARTS) is 1. The van der Waals surface area contributed by atoms with Gasteiger partial charge in [-0.2, -0.15) is 5.10 Å². The molecule has 1 aromatic heterocycles. The Balaban J connectivity index is 2.51. The van der Waals surface area contributed by atoms with Crippen molar-refractivity contribution in [3.63, 3.8) is 0 Å². The summed E-state index contributed by atoms with van der Waals surface area (Å²) in [5.74, 6) is -1.17. The maximum Gasteiger partial charge on any atom is 0.306 e. The Morgan fingerprint density at radius 2 is 2.29 bits per heavy atom. The molecule has 0 saturated carbocycles. The van der Waals surface area contributed by atoms with Crippen LogP contribution in [0.3, 0.4) is 0 Å². The highest BCUT2D eigenvalue weighted by Crippen LogP contribution is 2.26. The zero-order valence-electron chi connectivity index (χ0n) is 9.64. The molecule has 1 atom stereocenters. The van der Waals surface area contributed by atoms with E-state index in [1.807, 2.05) is 25.2 Å². The van der Waals surface area contributed by atoms with Crippen molar-refractivity contribution in [2.45, 2.75) is 13.3 Å². The third-order valence-electron chi connectivity index (χ3n) is 2.85. The number of aromatic nitrogens is 2. The number of nitrogens with zero attached hydrogens (tertiary/aromatic N) is 2. The van der Waals surface area contributed by atoms with Crippen LogP contribution in [0.5, 0.6) is 0 Å². The van der Waals surface area contributed by atoms with Crippen LogP contribution in [0.1, 0.15) is 12.5 Å². The van der Waals surface area contributed by atoms with Crippen LogP contribution in [0, 0.1) is 5.92 Å². The van der Waals surface area contributed by atoms with Gasteiger partial charge in [0.05, 0.1) is 11.4 Å². The lowest BCUT2D eigenvalue weighted by molar-refractivity contribution is -0.141. The van der Waals surface area contributed by atoms with Crippen molar-refractivity contribution in [2.24, 2.45) is 13.0 Å². The quantitative estimate of drug-likeness (QED) is 0.947. The Kier molecular flexibility index (Phi) is 3.19. The van der Waals surface area contributed by atoms with Crippen molar-refractivity contribution < 1.29 is 9.90 Å². The summed E-state index contributed by atoms with van der Waals surface area (Å²) in [7, 11) is 1.86. The van der Waals surface area contributed by atoms with Crippen molar-refractivity contribution in [3.05, 3.63) is 28.4 Å². The van der Waals surface area contributed by atoms with Crippen LogP contribution in [0.15, 0.2) is 22.8 Å². The number of carboxylic acids is 1. The summed E-state index contributed by atoms with van der Waals surface area (Å²) in [6.07, 6.45) is 0.513. The molecule has 0 spiro atoms. The summed E-state index contributed by atoms with van der Waals surface area (Å²) in [4.78, 5) is 10.9. The summed E-state index contributed by atoms with van der Waals surface area (Å²) < 4.78 is 2.57. The number of carbonyl (C=O) groups is 1. The number of para-hydroxylation sites is 1. The zero-order chi connectivity index (χ0) is 12.6. The van der Waals surface area contributed by atoms with E-state index in [1.54, 1.807) is 11.6 Å². The van der Waals surface area contributed by atoms with Gasteiger partial charge < -0.3 is 5.11 Å². The first kappa shape index (κ1) is 12.1. The normalized spacial score (nSPS) is 12.9. The van der Waals surface area contributed by atoms with Crippen molar-refractivity contribution in [1.82, 2.24) is 9.78 Å². The predicted molar refractivity (Wildman–Crippen MR) is 68.9 cm³/mol. The van der Waals surface area contributed by atoms with Gasteiger partial charge in [-0.15, -0.1) is 0 Å². The van der Waals surface area contributed by atoms with Crippen LogP contribution in [0.25, 0.3) is 10.9 Å². The first-order chi connectivity index (χ1) is 8.00. The van der Waals surface area contributed by atoms with Gasteiger partial charge in [-0.3, -0.25) is 9.48 Å². The minimum atomic E-state index is -0.775. The second kappa shape index (κ2) is 4.49. The molecule has 1 unspecified atom stereocenters. The Hall–Kier alpha value is -1.36. The Morgan fingerprint density at radius 1 is 1.59 bits per heavy atom. The summed E-state index contributed by atoms with van der Waals surface area (Å²) in [6, 6.07) is 5.86. The molecule has 2 aromatic rings. The van der Waals surface area contributed by atoms with Crippen LogP contribution in [-0.4, -0.2) is 20.9 Å². The summed E-state index contributed by atoms with van der Waals surface area (Å²) in [5.41, 5.74) is 2.01. The predicted octanol–water partition coefficient (Wildman–Crippen LogP) is 2.60. The van der Waals surface area contributed by atoms with Gasteiger partial charge in [0.15, 0.2) is 0 Å². The number of aliphatic carboxylic acids is 1. The fraction of sp³-hybridized carbons (Fsp3) is 0.333. The topological polar surface area (TPSA) is 55.1 Å². The van der Waals surface area contributed by atoms with Crippen molar-refractivity contribution in [3.8, 4) is 0 Å². The highest BCUT2D eigenvalue weighted by molar-refractivity contribution is 9.10. The molecule has 0 fully saturated rings. The fourth-order valence-corrected chi connectivity index (χ4v) is 2.52. The molecule has 0 amide bonds. The Labute approximate surface area is 107 Å². The number of halogens is 1. The van der Waals surface area contributed by atoms with Crippen LogP contribution in [0.4, 0.5) is 0 Å². The van der Waals surface area contributed by atoms with Crippen molar-refractivity contribution in [1.29, 1.82) is 0 Å². The van der Waals surface area contributed by atoms with E-state index in [0.29, 0.717) is 6.42 Å². The molecule has 0 aliphatic heterocycles. The number of hydrogen-bond donors (Lipinski definition) is 1. The van der Waals surface area contributed by atoms with E-state index in [9.17, 15) is 4.79 Å². The van der Waals surface area contributed by atoms with Gasteiger partial charge in [0, 0.05) is 12.4 Å². The molecule has 5 heteroatoms. The molecule has 0 aliphatic rings. The molecule has 4 nitrogen and oxygen atoms in total. The molecular weight excluding hydrogens is 284 g/mol. The molecular formula is C12H13BrN2O2. The Bertz CT molecular complexity index is 577. The van der Waals surface area contributed by atoms with Crippen LogP contribution < -0.4 is 0 Å². The number of hydrogen-bond acceptors (Lipinski definition) is 2. The van der Waals surface area contributed by atoms with Gasteiger partial charge in [-0.05, 0) is 27.9 Å². The standard InChI is InChI=1S/C12H13BrN2O2/c1-7(12(16)17)6-8-4-3-5-9-10(8)15(2)14-11(9)13/h3-5,7H,6H2,1-2H3,(H,16,17). The molecule has 0 saturated heterocycles. The highest BCUT2D eigenvalue weighted by Gasteiger charge is 2.16. The lowest BCUT2D eigenvalue weighted by Gasteiger charge is -2.08. The first-order valence-electron chi connectivity index (χ1n) is 5.33. The van der Waals surface area contributed by atoms with E-state index in [0.717, 1.165) is 21.1 Å². The molecule has 1 N–H and O–H groups in total. The molecule has 17 heavy (non-hydrogen) atoms. The van der Waals surface area contributed by atoms with Crippen LogP contribution in [0.2, 0.25) is 0 Å². The molecule has 0 bridgehead atoms. The van der Waals surface area contributed by atoms with Gasteiger partial charge in [0.1, 0.15) is 4.60 Å². The third-order valence-corrected chi connectivity index (χ3v) is 3.44. The van der Waals surface area contributed by atoms with Crippen LogP contribution in [-0.2, 0) is 18.3 Å². The van der Waals surface area contributed by atoms with Crippen molar-refractivity contribution >= 4 is 32.8 Å². The average molecular weight is 297 g/mol. The summed E-state index contributed by atoms with van der Waals surface area (Å²) in [6.45, 7) is 1.71. The minimum absolute atomic E-state index is 0.394. The van der Waals surface area contributed by atoms with E-state index >= 15 is 0 Å². The zero-order valence-corrected chi connectivity index (χ0v) is 11.2. The van der Waals surface area contributed by atoms with E-state index in [-0.39, 0.29) is 0 Å². The second-order valence-corrected chi connectivity index (χ2v) is 4.92. The second-order valence-electron chi connectivity index (χ2n) is 4.17. The largest absolute Gasteiger partial charge is 0.481 e. The van der Waals surface area contributed by atoms with Gasteiger partial charge in [-0.1, -0.05) is 25.1 Å². The minimum Gasteiger partial charge on any atom is -0.481 e. The van der Waals surface area contributed by atoms with Crippen molar-refractivity contribution in [2.75, 3.05) is 0 Å². The van der Waals surface area contributed by atoms with E-state index in [2.05, 4.69) is 21.0 Å².